The second-order valence-corrected chi connectivity index (χ2v) is 5.62. The highest BCUT2D eigenvalue weighted by atomic mass is 15.4. The van der Waals surface area contributed by atoms with Crippen molar-refractivity contribution in [1.29, 1.82) is 0 Å². The van der Waals surface area contributed by atoms with Gasteiger partial charge in [0.15, 0.2) is 0 Å². The third-order valence-corrected chi connectivity index (χ3v) is 4.51. The normalized spacial score (nSPS) is 37.6. The smallest absolute Gasteiger partial charge is 0.104 e. The van der Waals surface area contributed by atoms with Crippen molar-refractivity contribution in [3.05, 3.63) is 35.9 Å². The predicted molar refractivity (Wildman–Crippen MR) is 65.7 cm³/mol. The van der Waals surface area contributed by atoms with E-state index in [-0.39, 0.29) is 0 Å². The number of nitrogens with two attached hydrogens (primary N) is 1. The minimum absolute atomic E-state index is 0.450. The number of fused-ring (bicyclic) bond motifs is 3. The first-order valence-electron chi connectivity index (χ1n) is 6.42. The topological polar surface area (TPSA) is 26.0 Å². The van der Waals surface area contributed by atoms with Gasteiger partial charge in [0, 0.05) is 18.4 Å². The first-order chi connectivity index (χ1) is 7.77. The molecule has 86 valence electrons. The molecular weight excluding hydrogens is 196 g/mol. The summed E-state index contributed by atoms with van der Waals surface area (Å²) in [7, 11) is 0. The maximum atomic E-state index is 6.24. The molecule has 3 saturated heterocycles. The fraction of sp³-hybridized carbons (Fsp3) is 0.571. The monoisotopic (exact) mass is 217 g/mol. The predicted octanol–water partition coefficient (Wildman–Crippen LogP) is 1.75. The summed E-state index contributed by atoms with van der Waals surface area (Å²) in [6, 6.07) is 11.3. The van der Waals surface area contributed by atoms with Gasteiger partial charge in [0.1, 0.15) is 6.54 Å². The first kappa shape index (κ1) is 10.3. The lowest BCUT2D eigenvalue weighted by molar-refractivity contribution is -0.955. The van der Waals surface area contributed by atoms with Gasteiger partial charge in [0.25, 0.3) is 0 Å². The molecule has 1 unspecified atom stereocenters. The molecule has 0 spiro atoms. The summed E-state index contributed by atoms with van der Waals surface area (Å²) in [5.74, 6) is 0.816. The van der Waals surface area contributed by atoms with Crippen LogP contribution in [0.25, 0.3) is 0 Å². The second kappa shape index (κ2) is 3.86. The molecule has 3 aliphatic heterocycles. The van der Waals surface area contributed by atoms with Gasteiger partial charge in [-0.1, -0.05) is 30.3 Å². The van der Waals surface area contributed by atoms with E-state index < -0.39 is 0 Å². The average Bonchev–Trinajstić information content (AvgIpc) is 2.31. The van der Waals surface area contributed by atoms with E-state index in [1.54, 1.807) is 0 Å². The summed E-state index contributed by atoms with van der Waals surface area (Å²) < 4.78 is 1.24. The minimum Gasteiger partial charge on any atom is -0.323 e. The fourth-order valence-electron chi connectivity index (χ4n) is 3.54. The van der Waals surface area contributed by atoms with Crippen molar-refractivity contribution < 1.29 is 4.48 Å². The highest BCUT2D eigenvalue weighted by Crippen LogP contribution is 2.34. The standard InChI is InChI=1S/C14H21N2/c15-14-11-16(8-6-13(14)7-9-16)10-12-4-2-1-3-5-12/h1-5,13-14H,6-11,15H2/q+1. The fourth-order valence-corrected chi connectivity index (χ4v) is 3.54. The van der Waals surface area contributed by atoms with Crippen LogP contribution in [0, 0.1) is 5.92 Å². The first-order valence-corrected chi connectivity index (χ1v) is 6.42. The zero-order chi connectivity index (χ0) is 11.0. The highest BCUT2D eigenvalue weighted by molar-refractivity contribution is 5.13. The number of hydrogen-bond acceptors (Lipinski definition) is 1. The van der Waals surface area contributed by atoms with E-state index in [1.807, 2.05) is 0 Å². The molecule has 3 heterocycles. The molecule has 1 atom stereocenters. The van der Waals surface area contributed by atoms with Gasteiger partial charge in [0.05, 0.1) is 25.7 Å². The SMILES string of the molecule is NC1C[N+]2(Cc3ccccc3)CCC1CC2. The molecule has 2 bridgehead atoms. The molecule has 3 fully saturated rings. The van der Waals surface area contributed by atoms with Gasteiger partial charge in [-0.25, -0.2) is 0 Å². The molecule has 4 rings (SSSR count). The molecule has 3 aliphatic rings. The minimum atomic E-state index is 0.450. The van der Waals surface area contributed by atoms with E-state index in [2.05, 4.69) is 30.3 Å². The van der Waals surface area contributed by atoms with Crippen LogP contribution in [0.2, 0.25) is 0 Å². The van der Waals surface area contributed by atoms with E-state index in [9.17, 15) is 0 Å². The van der Waals surface area contributed by atoms with Crippen LogP contribution in [0.4, 0.5) is 0 Å². The zero-order valence-corrected chi connectivity index (χ0v) is 9.81. The lowest BCUT2D eigenvalue weighted by Gasteiger charge is -2.51. The Labute approximate surface area is 97.6 Å². The van der Waals surface area contributed by atoms with Gasteiger partial charge in [-0.2, -0.15) is 0 Å². The van der Waals surface area contributed by atoms with Crippen LogP contribution in [-0.2, 0) is 6.54 Å². The van der Waals surface area contributed by atoms with E-state index in [4.69, 9.17) is 5.73 Å². The van der Waals surface area contributed by atoms with Crippen LogP contribution < -0.4 is 5.73 Å². The van der Waals surface area contributed by atoms with Crippen LogP contribution in [0.15, 0.2) is 30.3 Å². The van der Waals surface area contributed by atoms with E-state index in [0.29, 0.717) is 6.04 Å². The van der Waals surface area contributed by atoms with Crippen molar-refractivity contribution in [1.82, 2.24) is 0 Å². The molecule has 1 aromatic rings. The van der Waals surface area contributed by atoms with E-state index in [1.165, 1.54) is 49.1 Å². The quantitative estimate of drug-likeness (QED) is 0.751. The van der Waals surface area contributed by atoms with Gasteiger partial charge < -0.3 is 10.2 Å². The van der Waals surface area contributed by atoms with Crippen molar-refractivity contribution in [3.8, 4) is 0 Å². The summed E-state index contributed by atoms with van der Waals surface area (Å²) in [4.78, 5) is 0. The van der Waals surface area contributed by atoms with Gasteiger partial charge in [-0.15, -0.1) is 0 Å². The summed E-state index contributed by atoms with van der Waals surface area (Å²) in [6.45, 7) is 5.06. The lowest BCUT2D eigenvalue weighted by Crippen LogP contribution is -2.65. The molecule has 0 radical (unpaired) electrons. The van der Waals surface area contributed by atoms with Gasteiger partial charge in [-0.3, -0.25) is 0 Å². The van der Waals surface area contributed by atoms with Crippen LogP contribution in [0.1, 0.15) is 18.4 Å². The summed E-state index contributed by atoms with van der Waals surface area (Å²) >= 11 is 0. The van der Waals surface area contributed by atoms with Crippen LogP contribution >= 0.6 is 0 Å². The third-order valence-electron chi connectivity index (χ3n) is 4.51. The van der Waals surface area contributed by atoms with Gasteiger partial charge in [0.2, 0.25) is 0 Å². The largest absolute Gasteiger partial charge is 0.323 e. The van der Waals surface area contributed by atoms with Gasteiger partial charge >= 0.3 is 0 Å². The van der Waals surface area contributed by atoms with Crippen LogP contribution in [-0.4, -0.2) is 30.2 Å². The molecule has 2 nitrogen and oxygen atoms in total. The molecule has 0 aromatic heterocycles. The highest BCUT2D eigenvalue weighted by Gasteiger charge is 2.44. The van der Waals surface area contributed by atoms with E-state index in [0.717, 1.165) is 5.92 Å². The number of hydrogen-bond donors (Lipinski definition) is 1. The third kappa shape index (κ3) is 1.76. The van der Waals surface area contributed by atoms with Crippen molar-refractivity contribution >= 4 is 0 Å². The Balaban J connectivity index is 1.78. The Morgan fingerprint density at radius 2 is 1.81 bits per heavy atom. The average molecular weight is 217 g/mol. The number of rotatable bonds is 2. The molecule has 0 saturated carbocycles. The maximum Gasteiger partial charge on any atom is 0.104 e. The second-order valence-electron chi connectivity index (χ2n) is 5.62. The molecule has 0 aliphatic carbocycles. The van der Waals surface area contributed by atoms with Crippen molar-refractivity contribution in [2.75, 3.05) is 19.6 Å². The Morgan fingerprint density at radius 3 is 2.44 bits per heavy atom. The Morgan fingerprint density at radius 1 is 1.12 bits per heavy atom. The van der Waals surface area contributed by atoms with Crippen molar-refractivity contribution in [2.24, 2.45) is 11.7 Å². The van der Waals surface area contributed by atoms with E-state index >= 15 is 0 Å². The Hall–Kier alpha value is -0.860. The zero-order valence-electron chi connectivity index (χ0n) is 9.81. The molecule has 0 amide bonds. The van der Waals surface area contributed by atoms with Crippen LogP contribution in [0.5, 0.6) is 0 Å². The number of nitrogens with zero attached hydrogens (tertiary/aromatic N) is 1. The lowest BCUT2D eigenvalue weighted by atomic mass is 9.82. The van der Waals surface area contributed by atoms with Crippen LogP contribution in [0.3, 0.4) is 0 Å². The molecular formula is C14H21N2+. The summed E-state index contributed by atoms with van der Waals surface area (Å²) in [5, 5.41) is 0. The Kier molecular flexibility index (Phi) is 2.49. The van der Waals surface area contributed by atoms with Gasteiger partial charge in [-0.05, 0) is 5.92 Å². The molecule has 2 heteroatoms. The maximum absolute atomic E-state index is 6.24. The number of piperidine rings is 3. The molecule has 2 N–H and O–H groups in total. The Bertz CT molecular complexity index is 352. The molecule has 1 aromatic carbocycles. The van der Waals surface area contributed by atoms with Crippen molar-refractivity contribution in [2.45, 2.75) is 25.4 Å². The number of quaternary nitrogens is 1. The number of benzene rings is 1. The summed E-state index contributed by atoms with van der Waals surface area (Å²) in [6.07, 6.45) is 2.68. The van der Waals surface area contributed by atoms with Crippen molar-refractivity contribution in [3.63, 3.8) is 0 Å². The summed E-state index contributed by atoms with van der Waals surface area (Å²) in [5.41, 5.74) is 7.71. The molecule has 16 heavy (non-hydrogen) atoms.